The molecule has 0 bridgehead atoms. The number of benzene rings is 9. The smallest absolute Gasteiger partial charge is 0.164 e. The summed E-state index contributed by atoms with van der Waals surface area (Å²) in [6.45, 7) is 0. The highest BCUT2D eigenvalue weighted by molar-refractivity contribution is 6.15. The Morgan fingerprint density at radius 3 is 0.826 bits per heavy atom. The van der Waals surface area contributed by atoms with Crippen LogP contribution >= 0.6 is 0 Å². The van der Waals surface area contributed by atoms with Crippen molar-refractivity contribution in [3.63, 3.8) is 0 Å². The largest absolute Gasteiger partial charge is 0.309 e. The van der Waals surface area contributed by atoms with E-state index in [-0.39, 0.29) is 0 Å². The first-order chi connectivity index (χ1) is 34.2. The van der Waals surface area contributed by atoms with Gasteiger partial charge >= 0.3 is 0 Å². The molecule has 0 unspecified atom stereocenters. The van der Waals surface area contributed by atoms with Gasteiger partial charge in [-0.25, -0.2) is 29.9 Å². The van der Waals surface area contributed by atoms with Crippen LogP contribution in [0.1, 0.15) is 11.1 Å². The molecule has 69 heavy (non-hydrogen) atoms. The molecular formula is C62H41N7. The Morgan fingerprint density at radius 1 is 0.246 bits per heavy atom. The van der Waals surface area contributed by atoms with E-state index in [1.165, 1.54) is 21.9 Å². The molecule has 0 radical (unpaired) electrons. The Morgan fingerprint density at radius 2 is 0.522 bits per heavy atom. The predicted molar refractivity (Wildman–Crippen MR) is 278 cm³/mol. The van der Waals surface area contributed by atoms with Crippen molar-refractivity contribution in [3.8, 4) is 96.3 Å². The zero-order valence-corrected chi connectivity index (χ0v) is 37.4. The summed E-state index contributed by atoms with van der Waals surface area (Å²) in [5.74, 6) is 3.77. The van der Waals surface area contributed by atoms with Crippen LogP contribution in [0.25, 0.3) is 118 Å². The lowest BCUT2D eigenvalue weighted by Gasteiger charge is -2.16. The molecule has 324 valence electrons. The maximum atomic E-state index is 5.23. The Bertz CT molecular complexity index is 3490. The zero-order valence-electron chi connectivity index (χ0n) is 37.4. The number of hydrogen-bond acceptors (Lipinski definition) is 6. The van der Waals surface area contributed by atoms with Crippen LogP contribution in [0.15, 0.2) is 224 Å². The van der Waals surface area contributed by atoms with E-state index in [4.69, 9.17) is 29.9 Å². The van der Waals surface area contributed by atoms with E-state index >= 15 is 0 Å². The zero-order chi connectivity index (χ0) is 45.7. The molecule has 7 nitrogen and oxygen atoms in total. The lowest BCUT2D eigenvalue weighted by molar-refractivity contribution is 0.967. The Hall–Kier alpha value is -9.20. The summed E-state index contributed by atoms with van der Waals surface area (Å²) in [5.41, 5.74) is 15.8. The van der Waals surface area contributed by atoms with Crippen LogP contribution in [0.2, 0.25) is 0 Å². The standard InChI is InChI=1S/C62H41N7/c1-7-19-40(20-8-1)48-35-49(41-21-9-2-10-22-41)37-52(36-48)69-53-38-50(61-65-57(42-23-11-3-12-24-42)63-58(66-61)43-25-13-4-14-26-43)33-46-31-32-47-34-51(39-54(69)56(47)55(46)53)62-67-59(44-27-15-5-16-28-44)64-60(68-62)45-29-17-6-18-30-45/h1-30,33-39H,31-32H2. The molecule has 3 aromatic heterocycles. The second-order valence-electron chi connectivity index (χ2n) is 17.5. The molecule has 1 aliphatic carbocycles. The Kier molecular flexibility index (Phi) is 9.83. The van der Waals surface area contributed by atoms with Gasteiger partial charge in [0, 0.05) is 49.8 Å². The van der Waals surface area contributed by atoms with Gasteiger partial charge in [0.05, 0.1) is 11.0 Å². The molecule has 0 aliphatic heterocycles. The molecule has 12 aromatic rings. The number of aryl methyl sites for hydroxylation is 2. The van der Waals surface area contributed by atoms with E-state index in [2.05, 4.69) is 156 Å². The van der Waals surface area contributed by atoms with Gasteiger partial charge in [0.15, 0.2) is 34.9 Å². The average Bonchev–Trinajstić information content (AvgIpc) is 3.78. The Balaban J connectivity index is 1.11. The van der Waals surface area contributed by atoms with Crippen molar-refractivity contribution in [2.24, 2.45) is 0 Å². The van der Waals surface area contributed by atoms with Crippen molar-refractivity contribution < 1.29 is 0 Å². The molecule has 0 atom stereocenters. The molecule has 0 fully saturated rings. The molecule has 0 amide bonds. The van der Waals surface area contributed by atoms with Crippen LogP contribution in [0.5, 0.6) is 0 Å². The fourth-order valence-electron chi connectivity index (χ4n) is 9.84. The molecule has 0 spiro atoms. The summed E-state index contributed by atoms with van der Waals surface area (Å²) in [5, 5.41) is 2.47. The van der Waals surface area contributed by atoms with Crippen molar-refractivity contribution in [3.05, 3.63) is 236 Å². The van der Waals surface area contributed by atoms with E-state index in [1.807, 2.05) is 72.8 Å². The summed E-state index contributed by atoms with van der Waals surface area (Å²) >= 11 is 0. The van der Waals surface area contributed by atoms with Crippen LogP contribution in [0, 0.1) is 0 Å². The monoisotopic (exact) mass is 883 g/mol. The van der Waals surface area contributed by atoms with Crippen molar-refractivity contribution in [2.45, 2.75) is 12.8 Å². The van der Waals surface area contributed by atoms with Gasteiger partial charge in [0.25, 0.3) is 0 Å². The van der Waals surface area contributed by atoms with E-state index in [0.29, 0.717) is 34.9 Å². The van der Waals surface area contributed by atoms with Crippen molar-refractivity contribution in [2.75, 3.05) is 0 Å². The fourth-order valence-corrected chi connectivity index (χ4v) is 9.84. The first kappa shape index (κ1) is 40.1. The van der Waals surface area contributed by atoms with Crippen molar-refractivity contribution >= 4 is 21.8 Å². The van der Waals surface area contributed by atoms with Crippen LogP contribution in [-0.2, 0) is 12.8 Å². The summed E-state index contributed by atoms with van der Waals surface area (Å²) in [6, 6.07) is 78.1. The molecule has 7 heteroatoms. The second kappa shape index (κ2) is 16.9. The van der Waals surface area contributed by atoms with Crippen molar-refractivity contribution in [1.82, 2.24) is 34.5 Å². The van der Waals surface area contributed by atoms with Crippen LogP contribution in [0.4, 0.5) is 0 Å². The molecule has 1 aliphatic rings. The summed E-state index contributed by atoms with van der Waals surface area (Å²) in [4.78, 5) is 31.0. The second-order valence-corrected chi connectivity index (χ2v) is 17.5. The predicted octanol–water partition coefficient (Wildman–Crippen LogP) is 14.6. The van der Waals surface area contributed by atoms with Gasteiger partial charge in [-0.1, -0.05) is 182 Å². The molecule has 0 saturated heterocycles. The highest BCUT2D eigenvalue weighted by Gasteiger charge is 2.26. The lowest BCUT2D eigenvalue weighted by atomic mass is 9.88. The molecule has 0 N–H and O–H groups in total. The number of nitrogens with zero attached hydrogens (tertiary/aromatic N) is 7. The quantitative estimate of drug-likeness (QED) is 0.144. The summed E-state index contributed by atoms with van der Waals surface area (Å²) < 4.78 is 2.45. The number of hydrogen-bond donors (Lipinski definition) is 0. The third kappa shape index (κ3) is 7.43. The Labute approximate surface area is 399 Å². The fraction of sp³-hybridized carbons (Fsp3) is 0.0323. The van der Waals surface area contributed by atoms with E-state index in [0.717, 1.165) is 85.2 Å². The van der Waals surface area contributed by atoms with Gasteiger partial charge in [0.1, 0.15) is 0 Å². The van der Waals surface area contributed by atoms with Crippen LogP contribution < -0.4 is 0 Å². The van der Waals surface area contributed by atoms with Gasteiger partial charge in [-0.3, -0.25) is 0 Å². The van der Waals surface area contributed by atoms with Gasteiger partial charge in [0.2, 0.25) is 0 Å². The third-order valence-electron chi connectivity index (χ3n) is 13.1. The average molecular weight is 884 g/mol. The SMILES string of the molecule is c1ccc(-c2cc(-c3ccccc3)cc(-n3c4cc(-c5nc(-c6ccccc6)nc(-c6ccccc6)n5)cc5c4c4c(cc(-c6nc(-c7ccccc7)nc(-c7ccccc7)n6)cc43)CC5)c2)cc1. The summed E-state index contributed by atoms with van der Waals surface area (Å²) in [6.07, 6.45) is 1.67. The molecular weight excluding hydrogens is 843 g/mol. The normalized spacial score (nSPS) is 11.9. The van der Waals surface area contributed by atoms with Gasteiger partial charge in [-0.2, -0.15) is 0 Å². The highest BCUT2D eigenvalue weighted by atomic mass is 15.0. The maximum Gasteiger partial charge on any atom is 0.164 e. The van der Waals surface area contributed by atoms with Gasteiger partial charge in [-0.15, -0.1) is 0 Å². The highest BCUT2D eigenvalue weighted by Crippen LogP contribution is 2.45. The summed E-state index contributed by atoms with van der Waals surface area (Å²) in [7, 11) is 0. The van der Waals surface area contributed by atoms with Gasteiger partial charge < -0.3 is 4.57 Å². The minimum Gasteiger partial charge on any atom is -0.309 e. The van der Waals surface area contributed by atoms with Crippen LogP contribution in [-0.4, -0.2) is 34.5 Å². The molecule has 3 heterocycles. The number of rotatable bonds is 9. The minimum absolute atomic E-state index is 0.624. The number of aromatic nitrogens is 7. The molecule has 9 aromatic carbocycles. The maximum absolute atomic E-state index is 5.23. The van der Waals surface area contributed by atoms with E-state index < -0.39 is 0 Å². The van der Waals surface area contributed by atoms with E-state index in [9.17, 15) is 0 Å². The van der Waals surface area contributed by atoms with Crippen molar-refractivity contribution in [1.29, 1.82) is 0 Å². The topological polar surface area (TPSA) is 82.3 Å². The third-order valence-corrected chi connectivity index (χ3v) is 13.1. The van der Waals surface area contributed by atoms with E-state index in [1.54, 1.807) is 0 Å². The lowest BCUT2D eigenvalue weighted by Crippen LogP contribution is -2.03. The first-order valence-corrected chi connectivity index (χ1v) is 23.3. The minimum atomic E-state index is 0.624. The first-order valence-electron chi connectivity index (χ1n) is 23.3. The van der Waals surface area contributed by atoms with Gasteiger partial charge in [-0.05, 0) is 88.7 Å². The molecule has 0 saturated carbocycles. The molecule has 13 rings (SSSR count). The van der Waals surface area contributed by atoms with Crippen LogP contribution in [0.3, 0.4) is 0 Å².